The predicted molar refractivity (Wildman–Crippen MR) is 64.9 cm³/mol. The van der Waals surface area contributed by atoms with Crippen molar-refractivity contribution in [1.82, 2.24) is 9.78 Å². The minimum atomic E-state index is -4.93. The molecule has 0 spiro atoms. The van der Waals surface area contributed by atoms with Gasteiger partial charge in [-0.3, -0.25) is 4.68 Å². The number of halogens is 5. The van der Waals surface area contributed by atoms with Crippen LogP contribution < -0.4 is 0 Å². The summed E-state index contributed by atoms with van der Waals surface area (Å²) in [7, 11) is 0. The monoisotopic (exact) mass is 323 g/mol. The fourth-order valence-corrected chi connectivity index (χ4v) is 2.47. The van der Waals surface area contributed by atoms with Crippen LogP contribution in [0.25, 0.3) is 0 Å². The number of rotatable bonds is 3. The van der Waals surface area contributed by atoms with Gasteiger partial charge in [-0.05, 0) is 19.8 Å². The van der Waals surface area contributed by atoms with Gasteiger partial charge in [-0.1, -0.05) is 0 Å². The van der Waals surface area contributed by atoms with Crippen LogP contribution in [0.15, 0.2) is 0 Å². The van der Waals surface area contributed by atoms with E-state index in [1.54, 1.807) is 6.92 Å². The van der Waals surface area contributed by atoms with Crippen molar-refractivity contribution in [1.29, 1.82) is 5.26 Å². The van der Waals surface area contributed by atoms with Crippen molar-refractivity contribution in [2.45, 2.75) is 50.9 Å². The highest BCUT2D eigenvalue weighted by molar-refractivity contribution is 5.35. The molecule has 1 aliphatic carbocycles. The van der Waals surface area contributed by atoms with E-state index >= 15 is 0 Å². The van der Waals surface area contributed by atoms with Crippen LogP contribution in [0.4, 0.5) is 22.0 Å². The number of hydrogen-bond donors (Lipinski definition) is 1. The summed E-state index contributed by atoms with van der Waals surface area (Å²) in [4.78, 5) is 0. The van der Waals surface area contributed by atoms with Gasteiger partial charge < -0.3 is 5.11 Å². The molecule has 2 atom stereocenters. The molecule has 0 saturated heterocycles. The second-order valence-corrected chi connectivity index (χ2v) is 5.41. The van der Waals surface area contributed by atoms with Gasteiger partial charge in [-0.15, -0.1) is 0 Å². The lowest BCUT2D eigenvalue weighted by Gasteiger charge is -2.28. The van der Waals surface area contributed by atoms with Crippen molar-refractivity contribution in [3.8, 4) is 6.07 Å². The first-order valence-corrected chi connectivity index (χ1v) is 6.70. The summed E-state index contributed by atoms with van der Waals surface area (Å²) >= 11 is 0. The Morgan fingerprint density at radius 2 is 2.14 bits per heavy atom. The lowest BCUT2D eigenvalue weighted by molar-refractivity contribution is -0.150. The maximum Gasteiger partial charge on any atom is 0.435 e. The van der Waals surface area contributed by atoms with Crippen LogP contribution in [0, 0.1) is 17.2 Å². The minimum Gasteiger partial charge on any atom is -0.382 e. The molecule has 1 aromatic heterocycles. The Kier molecular flexibility index (Phi) is 4.17. The van der Waals surface area contributed by atoms with Crippen LogP contribution in [-0.2, 0) is 19.1 Å². The molecule has 4 nitrogen and oxygen atoms in total. The summed E-state index contributed by atoms with van der Waals surface area (Å²) in [5.74, 6) is -4.01. The van der Waals surface area contributed by atoms with Crippen molar-refractivity contribution in [3.63, 3.8) is 0 Å². The molecule has 0 radical (unpaired) electrons. The number of nitriles is 1. The van der Waals surface area contributed by atoms with Gasteiger partial charge in [0.05, 0.1) is 6.07 Å². The SMILES string of the molecule is C[C@H](C#N)CCn1nc(C(F)(F)F)c2c1CCC(F)(F)C2O. The van der Waals surface area contributed by atoms with Crippen LogP contribution >= 0.6 is 0 Å². The van der Waals surface area contributed by atoms with Crippen LogP contribution in [-0.4, -0.2) is 20.8 Å². The molecule has 0 bridgehead atoms. The zero-order valence-electron chi connectivity index (χ0n) is 11.7. The van der Waals surface area contributed by atoms with E-state index in [9.17, 15) is 27.1 Å². The molecule has 0 amide bonds. The minimum absolute atomic E-state index is 0.00539. The van der Waals surface area contributed by atoms with E-state index in [-0.39, 0.29) is 25.1 Å². The van der Waals surface area contributed by atoms with Gasteiger partial charge in [0.25, 0.3) is 5.92 Å². The summed E-state index contributed by atoms with van der Waals surface area (Å²) in [6, 6.07) is 1.94. The standard InChI is InChI=1S/C13H14F5N3O/c1-7(6-19)3-5-21-8-2-4-12(14,15)11(22)9(8)10(20-21)13(16,17)18/h7,11,22H,2-5H2,1H3/t7-,11?/m0/s1. The van der Waals surface area contributed by atoms with Gasteiger partial charge in [-0.2, -0.15) is 23.5 Å². The fraction of sp³-hybridized carbons (Fsp3) is 0.692. The second kappa shape index (κ2) is 5.50. The summed E-state index contributed by atoms with van der Waals surface area (Å²) in [5, 5.41) is 21.7. The molecule has 22 heavy (non-hydrogen) atoms. The zero-order chi connectivity index (χ0) is 16.7. The molecule has 1 heterocycles. The average molecular weight is 323 g/mol. The van der Waals surface area contributed by atoms with Crippen LogP contribution in [0.3, 0.4) is 0 Å². The Balaban J connectivity index is 2.45. The Hall–Kier alpha value is -1.69. The number of nitrogens with zero attached hydrogens (tertiary/aromatic N) is 3. The first-order valence-electron chi connectivity index (χ1n) is 6.70. The van der Waals surface area contributed by atoms with Gasteiger partial charge in [0.2, 0.25) is 0 Å². The zero-order valence-corrected chi connectivity index (χ0v) is 11.7. The van der Waals surface area contributed by atoms with Crippen LogP contribution in [0.5, 0.6) is 0 Å². The number of aliphatic hydroxyl groups excluding tert-OH is 1. The normalized spacial score (nSPS) is 22.0. The van der Waals surface area contributed by atoms with E-state index < -0.39 is 41.8 Å². The fourth-order valence-electron chi connectivity index (χ4n) is 2.47. The molecule has 122 valence electrons. The topological polar surface area (TPSA) is 61.8 Å². The van der Waals surface area contributed by atoms with Crippen molar-refractivity contribution >= 4 is 0 Å². The average Bonchev–Trinajstić information content (AvgIpc) is 2.79. The van der Waals surface area contributed by atoms with E-state index in [0.717, 1.165) is 4.68 Å². The number of aromatic nitrogens is 2. The van der Waals surface area contributed by atoms with Crippen molar-refractivity contribution in [2.24, 2.45) is 5.92 Å². The van der Waals surface area contributed by atoms with Gasteiger partial charge in [-0.25, -0.2) is 8.78 Å². The molecule has 1 unspecified atom stereocenters. The van der Waals surface area contributed by atoms with Gasteiger partial charge in [0.1, 0.15) is 6.10 Å². The third-order valence-corrected chi connectivity index (χ3v) is 3.73. The number of aryl methyl sites for hydroxylation is 1. The highest BCUT2D eigenvalue weighted by atomic mass is 19.4. The molecule has 2 rings (SSSR count). The number of aliphatic hydroxyl groups is 1. The molecular formula is C13H14F5N3O. The Bertz CT molecular complexity index is 602. The summed E-state index contributed by atoms with van der Waals surface area (Å²) < 4.78 is 67.0. The van der Waals surface area contributed by atoms with Gasteiger partial charge in [0, 0.05) is 30.1 Å². The van der Waals surface area contributed by atoms with Crippen molar-refractivity contribution in [2.75, 3.05) is 0 Å². The highest BCUT2D eigenvalue weighted by Crippen LogP contribution is 2.46. The number of hydrogen-bond acceptors (Lipinski definition) is 3. The van der Waals surface area contributed by atoms with E-state index in [2.05, 4.69) is 5.10 Å². The lowest BCUT2D eigenvalue weighted by atomic mass is 9.89. The molecule has 0 saturated carbocycles. The second-order valence-electron chi connectivity index (χ2n) is 5.41. The third-order valence-electron chi connectivity index (χ3n) is 3.73. The van der Waals surface area contributed by atoms with Gasteiger partial charge >= 0.3 is 6.18 Å². The molecule has 9 heteroatoms. The Morgan fingerprint density at radius 1 is 1.50 bits per heavy atom. The van der Waals surface area contributed by atoms with Gasteiger partial charge in [0.15, 0.2) is 5.69 Å². The smallest absolute Gasteiger partial charge is 0.382 e. The van der Waals surface area contributed by atoms with E-state index in [1.165, 1.54) is 0 Å². The molecule has 0 aromatic carbocycles. The quantitative estimate of drug-likeness (QED) is 0.870. The van der Waals surface area contributed by atoms with E-state index in [0.29, 0.717) is 0 Å². The molecule has 1 N–H and O–H groups in total. The molecule has 0 aliphatic heterocycles. The van der Waals surface area contributed by atoms with Crippen molar-refractivity contribution in [3.05, 3.63) is 17.0 Å². The Labute approximate surface area is 123 Å². The first kappa shape index (κ1) is 16.7. The maximum atomic E-state index is 13.5. The van der Waals surface area contributed by atoms with E-state index in [4.69, 9.17) is 5.26 Å². The summed E-state index contributed by atoms with van der Waals surface area (Å²) in [6.07, 6.45) is -8.24. The third kappa shape index (κ3) is 2.92. The van der Waals surface area contributed by atoms with Crippen LogP contribution in [0.2, 0.25) is 0 Å². The molecule has 1 aromatic rings. The largest absolute Gasteiger partial charge is 0.435 e. The Morgan fingerprint density at radius 3 is 2.68 bits per heavy atom. The molecule has 1 aliphatic rings. The number of alkyl halides is 5. The first-order chi connectivity index (χ1) is 10.1. The molecular weight excluding hydrogens is 309 g/mol. The van der Waals surface area contributed by atoms with Crippen LogP contribution in [0.1, 0.15) is 42.8 Å². The van der Waals surface area contributed by atoms with E-state index in [1.807, 2.05) is 6.07 Å². The lowest BCUT2D eigenvalue weighted by Crippen LogP contribution is -2.33. The predicted octanol–water partition coefficient (Wildman–Crippen LogP) is 3.07. The summed E-state index contributed by atoms with van der Waals surface area (Å²) in [6.45, 7) is 1.61. The maximum absolute atomic E-state index is 13.5. The summed E-state index contributed by atoms with van der Waals surface area (Å²) in [5.41, 5.74) is -2.34. The highest BCUT2D eigenvalue weighted by Gasteiger charge is 2.51. The molecule has 0 fully saturated rings. The number of fused-ring (bicyclic) bond motifs is 1. The van der Waals surface area contributed by atoms with Crippen molar-refractivity contribution < 1.29 is 27.1 Å².